The molecule has 9 aromatic rings. The van der Waals surface area contributed by atoms with Crippen molar-refractivity contribution in [3.8, 4) is 27.9 Å². The van der Waals surface area contributed by atoms with Gasteiger partial charge in [-0.2, -0.15) is 0 Å². The standard InChI is InChI=1S/C41H24BN3.2Pb/c1-3-12-27(13-4-1)29-24-32(28-14-5-2-6-15-28)40-33(25-29)30-16-7-9-20-38(30)45(40)42-35-18-8-10-21-39(35)44-37-22-23-43-26-34(37)31-17-11-19-36(42)41(31)44;;/h1-6,8-19,21-26H;;. The molecular formula is C41H24BN3Pb2. The van der Waals surface area contributed by atoms with E-state index in [0.717, 1.165) is 51.5 Å². The van der Waals surface area contributed by atoms with Crippen molar-refractivity contribution in [2.75, 3.05) is 0 Å². The summed E-state index contributed by atoms with van der Waals surface area (Å²) in [5.41, 5.74) is 14.1. The van der Waals surface area contributed by atoms with Crippen molar-refractivity contribution in [3.63, 3.8) is 0 Å². The van der Waals surface area contributed by atoms with Crippen molar-refractivity contribution < 1.29 is 0 Å². The normalized spacial score (nSPS) is 12.4. The molecule has 0 saturated heterocycles. The summed E-state index contributed by atoms with van der Waals surface area (Å²) in [6, 6.07) is 49.7. The van der Waals surface area contributed by atoms with Crippen molar-refractivity contribution in [2.24, 2.45) is 0 Å². The molecule has 0 saturated carbocycles. The van der Waals surface area contributed by atoms with Crippen molar-refractivity contribution in [3.05, 3.63) is 146 Å². The third-order valence-corrected chi connectivity index (χ3v) is 12.4. The molecule has 47 heavy (non-hydrogen) atoms. The molecule has 6 aromatic carbocycles. The maximum absolute atomic E-state index is 4.55. The summed E-state index contributed by atoms with van der Waals surface area (Å²) in [6.45, 7) is -0.00244. The predicted molar refractivity (Wildman–Crippen MR) is 200 cm³/mol. The second-order valence-electron chi connectivity index (χ2n) is 12.4. The van der Waals surface area contributed by atoms with Crippen LogP contribution in [-0.4, -0.2) is 72.4 Å². The first kappa shape index (κ1) is 28.0. The fraction of sp³-hybridized carbons (Fsp3) is 0. The molecule has 3 aromatic heterocycles. The Bertz CT molecular complexity index is 2710. The Morgan fingerprint density at radius 3 is 2.09 bits per heavy atom. The van der Waals surface area contributed by atoms with Gasteiger partial charge in [-0.1, -0.05) is 0 Å². The van der Waals surface area contributed by atoms with Crippen LogP contribution in [0.25, 0.3) is 71.6 Å². The minimum absolute atomic E-state index is 0.00244. The summed E-state index contributed by atoms with van der Waals surface area (Å²) < 4.78 is 8.11. The van der Waals surface area contributed by atoms with Crippen LogP contribution >= 0.6 is 0 Å². The molecule has 0 atom stereocenters. The number of para-hydroxylation sites is 2. The van der Waals surface area contributed by atoms with E-state index in [1.165, 1.54) is 88.7 Å². The van der Waals surface area contributed by atoms with Gasteiger partial charge in [-0.3, -0.25) is 0 Å². The van der Waals surface area contributed by atoms with E-state index in [-0.39, 0.29) is 6.85 Å². The summed E-state index contributed by atoms with van der Waals surface area (Å²) in [4.78, 5) is 4.55. The zero-order valence-corrected chi connectivity index (χ0v) is 33.1. The summed E-state index contributed by atoms with van der Waals surface area (Å²) in [5.74, 6) is 0. The maximum atomic E-state index is 4.55. The van der Waals surface area contributed by atoms with Crippen LogP contribution in [0.4, 0.5) is 0 Å². The Morgan fingerprint density at radius 2 is 1.26 bits per heavy atom. The summed E-state index contributed by atoms with van der Waals surface area (Å²) in [6.07, 6.45) is 3.95. The molecule has 0 unspecified atom stereocenters. The number of pyridine rings is 1. The van der Waals surface area contributed by atoms with Crippen LogP contribution < -0.4 is 17.2 Å². The number of fused-ring (bicyclic) bond motifs is 8. The number of hydrogen-bond donors (Lipinski definition) is 0. The average molecular weight is 984 g/mol. The van der Waals surface area contributed by atoms with Gasteiger partial charge >= 0.3 is 307 Å². The van der Waals surface area contributed by atoms with Gasteiger partial charge in [0.05, 0.1) is 0 Å². The molecule has 0 bridgehead atoms. The van der Waals surface area contributed by atoms with Crippen molar-refractivity contribution in [1.82, 2.24) is 14.0 Å². The van der Waals surface area contributed by atoms with Crippen LogP contribution in [0.2, 0.25) is 0 Å². The summed E-state index contributed by atoms with van der Waals surface area (Å²) in [7, 11) is 0. The number of hydrogen-bond acceptors (Lipinski definition) is 1. The number of nitrogens with zero attached hydrogens (tertiary/aromatic N) is 3. The number of aromatic nitrogens is 3. The van der Waals surface area contributed by atoms with Gasteiger partial charge in [-0.05, 0) is 0 Å². The Labute approximate surface area is 304 Å². The van der Waals surface area contributed by atoms with E-state index in [0.29, 0.717) is 0 Å². The van der Waals surface area contributed by atoms with E-state index in [1.54, 1.807) is 0 Å². The molecule has 3 nitrogen and oxygen atoms in total. The van der Waals surface area contributed by atoms with E-state index in [1.807, 2.05) is 12.4 Å². The van der Waals surface area contributed by atoms with Crippen LogP contribution in [0.5, 0.6) is 0 Å². The Hall–Kier alpha value is -4.02. The van der Waals surface area contributed by atoms with E-state index >= 15 is 0 Å². The van der Waals surface area contributed by atoms with Crippen LogP contribution in [0.1, 0.15) is 0 Å². The van der Waals surface area contributed by atoms with E-state index in [2.05, 4.69) is 147 Å². The minimum atomic E-state index is -0.00244. The first-order valence-corrected chi connectivity index (χ1v) is 19.7. The van der Waals surface area contributed by atoms with Crippen LogP contribution in [0.15, 0.2) is 146 Å². The molecule has 0 aliphatic carbocycles. The summed E-state index contributed by atoms with van der Waals surface area (Å²) >= 11 is 1.98. The van der Waals surface area contributed by atoms with E-state index < -0.39 is 0 Å². The number of rotatable bonds is 3. The van der Waals surface area contributed by atoms with E-state index in [4.69, 9.17) is 0 Å². The zero-order valence-electron chi connectivity index (χ0n) is 25.3. The molecule has 0 N–H and O–H groups in total. The Balaban J connectivity index is 1.42. The molecule has 6 heteroatoms. The third-order valence-electron chi connectivity index (χ3n) is 9.83. The Kier molecular flexibility index (Phi) is 6.41. The van der Waals surface area contributed by atoms with Gasteiger partial charge in [0, 0.05) is 0 Å². The molecule has 4 heterocycles. The molecule has 0 amide bonds. The molecular weight excluding hydrogens is 960 g/mol. The van der Waals surface area contributed by atoms with Gasteiger partial charge in [0.1, 0.15) is 0 Å². The average Bonchev–Trinajstić information content (AvgIpc) is 3.63. The van der Waals surface area contributed by atoms with Gasteiger partial charge in [0.2, 0.25) is 0 Å². The predicted octanol–water partition coefficient (Wildman–Crippen LogP) is 6.18. The monoisotopic (exact) mass is 985 g/mol. The van der Waals surface area contributed by atoms with Gasteiger partial charge in [-0.15, -0.1) is 0 Å². The van der Waals surface area contributed by atoms with Crippen molar-refractivity contribution in [1.29, 1.82) is 0 Å². The first-order valence-electron chi connectivity index (χ1n) is 15.8. The Morgan fingerprint density at radius 1 is 0.532 bits per heavy atom. The van der Waals surface area contributed by atoms with Gasteiger partial charge in [0.25, 0.3) is 0 Å². The van der Waals surface area contributed by atoms with Gasteiger partial charge in [0.15, 0.2) is 0 Å². The first-order chi connectivity index (χ1) is 23.2. The number of benzene rings is 6. The fourth-order valence-corrected chi connectivity index (χ4v) is 12.9. The van der Waals surface area contributed by atoms with E-state index in [9.17, 15) is 0 Å². The second-order valence-corrected chi connectivity index (χ2v) is 16.7. The van der Waals surface area contributed by atoms with Crippen LogP contribution in [-0.2, 0) is 0 Å². The molecule has 0 spiro atoms. The van der Waals surface area contributed by atoms with Gasteiger partial charge in [-0.25, -0.2) is 0 Å². The zero-order chi connectivity index (χ0) is 31.2. The molecule has 6 radical (unpaired) electrons. The molecule has 1 aliphatic heterocycles. The second kappa shape index (κ2) is 10.8. The topological polar surface area (TPSA) is 22.8 Å². The third kappa shape index (κ3) is 4.10. The van der Waals surface area contributed by atoms with Gasteiger partial charge < -0.3 is 0 Å². The molecule has 0 fully saturated rings. The quantitative estimate of drug-likeness (QED) is 0.195. The van der Waals surface area contributed by atoms with Crippen LogP contribution in [0.3, 0.4) is 0 Å². The molecule has 1 aliphatic rings. The molecule has 214 valence electrons. The van der Waals surface area contributed by atoms with Crippen LogP contribution in [0, 0.1) is 0 Å². The van der Waals surface area contributed by atoms with Crippen molar-refractivity contribution in [2.45, 2.75) is 0 Å². The summed E-state index contributed by atoms with van der Waals surface area (Å²) in [5, 5.41) is 5.15. The fourth-order valence-electron chi connectivity index (χ4n) is 7.98. The SMILES string of the molecule is [Pb][c]1c[c]([Pb])c2c(c1)c1cc(-c3ccccc3)cc(-c3ccccc3)c1n2B1c2ccccc2-n2c3ccncc3c3cccc1c32. The van der Waals surface area contributed by atoms with Crippen molar-refractivity contribution >= 4 is 119 Å². The molecule has 10 rings (SSSR count).